The van der Waals surface area contributed by atoms with E-state index in [1.807, 2.05) is 31.2 Å². The van der Waals surface area contributed by atoms with Gasteiger partial charge in [0.25, 0.3) is 5.56 Å². The number of fused-ring (bicyclic) bond motifs is 1. The standard InChI is InChI=1S/C23H24N2O4/c1-6-29-22(27)18-15(3)24-20-19(18)16(13-25(5)21(20)26)10-11-23(4,28)17-9-7-8-14(2)12-17/h7-9,12-13,24,28H,6H2,1-5H3. The third-order valence-corrected chi connectivity index (χ3v) is 4.81. The molecule has 3 rings (SSSR count). The fourth-order valence-electron chi connectivity index (χ4n) is 3.31. The zero-order valence-corrected chi connectivity index (χ0v) is 17.2. The van der Waals surface area contributed by atoms with Crippen molar-refractivity contribution in [2.75, 3.05) is 6.61 Å². The lowest BCUT2D eigenvalue weighted by Gasteiger charge is -2.17. The van der Waals surface area contributed by atoms with Crippen LogP contribution in [-0.4, -0.2) is 27.2 Å². The average Bonchev–Trinajstić information content (AvgIpc) is 3.01. The van der Waals surface area contributed by atoms with Gasteiger partial charge in [0.05, 0.1) is 17.7 Å². The van der Waals surface area contributed by atoms with Crippen LogP contribution in [0.5, 0.6) is 0 Å². The highest BCUT2D eigenvalue weighted by Gasteiger charge is 2.23. The molecule has 0 fully saturated rings. The topological polar surface area (TPSA) is 84.3 Å². The predicted molar refractivity (Wildman–Crippen MR) is 112 cm³/mol. The molecule has 1 atom stereocenters. The summed E-state index contributed by atoms with van der Waals surface area (Å²) in [7, 11) is 1.62. The number of carbonyl (C=O) groups excluding carboxylic acids is 1. The lowest BCUT2D eigenvalue weighted by Crippen LogP contribution is -2.19. The Morgan fingerprint density at radius 2 is 2.07 bits per heavy atom. The van der Waals surface area contributed by atoms with E-state index in [2.05, 4.69) is 16.8 Å². The van der Waals surface area contributed by atoms with E-state index in [1.165, 1.54) is 4.57 Å². The Bertz CT molecular complexity index is 1220. The summed E-state index contributed by atoms with van der Waals surface area (Å²) in [5.41, 5.74) is 1.59. The Hall–Kier alpha value is -3.30. The summed E-state index contributed by atoms with van der Waals surface area (Å²) in [4.78, 5) is 28.1. The maximum atomic E-state index is 12.6. The number of rotatable bonds is 3. The number of pyridine rings is 1. The zero-order valence-electron chi connectivity index (χ0n) is 17.2. The number of aromatic nitrogens is 2. The normalized spacial score (nSPS) is 12.9. The molecule has 0 aliphatic rings. The van der Waals surface area contributed by atoms with Crippen molar-refractivity contribution in [2.24, 2.45) is 7.05 Å². The van der Waals surface area contributed by atoms with Crippen molar-refractivity contribution in [2.45, 2.75) is 33.3 Å². The molecule has 0 saturated carbocycles. The van der Waals surface area contributed by atoms with Gasteiger partial charge in [-0.25, -0.2) is 4.79 Å². The van der Waals surface area contributed by atoms with E-state index in [1.54, 1.807) is 34.0 Å². The Balaban J connectivity index is 2.23. The van der Waals surface area contributed by atoms with Crippen LogP contribution in [0.1, 0.15) is 46.6 Å². The van der Waals surface area contributed by atoms with Gasteiger partial charge in [-0.1, -0.05) is 41.7 Å². The SMILES string of the molecule is CCOC(=O)c1c(C)[nH]c2c(=O)n(C)cc(C#CC(C)(O)c3cccc(C)c3)c12. The Morgan fingerprint density at radius 3 is 2.72 bits per heavy atom. The second-order valence-corrected chi connectivity index (χ2v) is 7.25. The summed E-state index contributed by atoms with van der Waals surface area (Å²) >= 11 is 0. The lowest BCUT2D eigenvalue weighted by molar-refractivity contribution is 0.0528. The van der Waals surface area contributed by atoms with Crippen LogP contribution in [0.3, 0.4) is 0 Å². The second kappa shape index (κ2) is 7.61. The number of H-pyrrole nitrogens is 1. The van der Waals surface area contributed by atoms with Gasteiger partial charge >= 0.3 is 5.97 Å². The molecule has 0 radical (unpaired) electrons. The summed E-state index contributed by atoms with van der Waals surface area (Å²) in [5.74, 6) is 5.35. The third kappa shape index (κ3) is 3.82. The van der Waals surface area contributed by atoms with Crippen molar-refractivity contribution >= 4 is 16.9 Å². The molecule has 0 bridgehead atoms. The molecule has 150 valence electrons. The Kier molecular flexibility index (Phi) is 5.36. The van der Waals surface area contributed by atoms with Gasteiger partial charge in [-0.05, 0) is 33.3 Å². The Morgan fingerprint density at radius 1 is 1.34 bits per heavy atom. The zero-order chi connectivity index (χ0) is 21.3. The van der Waals surface area contributed by atoms with E-state index in [-0.39, 0.29) is 17.7 Å². The second-order valence-electron chi connectivity index (χ2n) is 7.25. The van der Waals surface area contributed by atoms with Crippen LogP contribution >= 0.6 is 0 Å². The number of nitrogens with zero attached hydrogens (tertiary/aromatic N) is 1. The molecule has 1 unspecified atom stereocenters. The number of benzene rings is 1. The van der Waals surface area contributed by atoms with Crippen molar-refractivity contribution in [3.05, 3.63) is 68.8 Å². The summed E-state index contributed by atoms with van der Waals surface area (Å²) in [6, 6.07) is 7.48. The first-order chi connectivity index (χ1) is 13.7. The molecular formula is C23H24N2O4. The minimum atomic E-state index is -1.40. The number of esters is 1. The number of hydrogen-bond donors (Lipinski definition) is 2. The van der Waals surface area contributed by atoms with Crippen LogP contribution < -0.4 is 5.56 Å². The molecule has 6 nitrogen and oxygen atoms in total. The molecule has 0 aliphatic carbocycles. The maximum Gasteiger partial charge on any atom is 0.340 e. The highest BCUT2D eigenvalue weighted by molar-refractivity contribution is 6.07. The fraction of sp³-hybridized carbons (Fsp3) is 0.304. The molecule has 0 spiro atoms. The number of ether oxygens (including phenoxy) is 1. The predicted octanol–water partition coefficient (Wildman–Crippen LogP) is 2.92. The van der Waals surface area contributed by atoms with E-state index >= 15 is 0 Å². The molecule has 2 heterocycles. The van der Waals surface area contributed by atoms with E-state index in [4.69, 9.17) is 4.74 Å². The van der Waals surface area contributed by atoms with Gasteiger partial charge in [0, 0.05) is 24.3 Å². The van der Waals surface area contributed by atoms with Gasteiger partial charge < -0.3 is 19.4 Å². The minimum Gasteiger partial charge on any atom is -0.462 e. The highest BCUT2D eigenvalue weighted by atomic mass is 16.5. The highest BCUT2D eigenvalue weighted by Crippen LogP contribution is 2.25. The van der Waals surface area contributed by atoms with Crippen LogP contribution in [-0.2, 0) is 17.4 Å². The van der Waals surface area contributed by atoms with E-state index in [0.717, 1.165) is 5.56 Å². The first kappa shape index (κ1) is 20.4. The van der Waals surface area contributed by atoms with Gasteiger partial charge in [0.15, 0.2) is 0 Å². The van der Waals surface area contributed by atoms with E-state index in [9.17, 15) is 14.7 Å². The molecular weight excluding hydrogens is 368 g/mol. The molecule has 1 aromatic carbocycles. The Labute approximate surface area is 169 Å². The van der Waals surface area contributed by atoms with E-state index < -0.39 is 11.6 Å². The van der Waals surface area contributed by atoms with Crippen LogP contribution in [0.4, 0.5) is 0 Å². The van der Waals surface area contributed by atoms with Crippen molar-refractivity contribution < 1.29 is 14.6 Å². The first-order valence-electron chi connectivity index (χ1n) is 9.37. The van der Waals surface area contributed by atoms with Crippen LogP contribution in [0.15, 0.2) is 35.3 Å². The summed E-state index contributed by atoms with van der Waals surface area (Å²) < 4.78 is 6.56. The largest absolute Gasteiger partial charge is 0.462 e. The number of hydrogen-bond acceptors (Lipinski definition) is 4. The fourth-order valence-corrected chi connectivity index (χ4v) is 3.31. The molecule has 2 aromatic heterocycles. The number of nitrogens with one attached hydrogen (secondary N) is 1. The summed E-state index contributed by atoms with van der Waals surface area (Å²) in [6.45, 7) is 7.21. The van der Waals surface area contributed by atoms with Gasteiger partial charge in [0.1, 0.15) is 11.1 Å². The number of aryl methyl sites for hydroxylation is 3. The van der Waals surface area contributed by atoms with Gasteiger partial charge in [-0.3, -0.25) is 4.79 Å². The molecule has 3 aromatic rings. The number of aliphatic hydroxyl groups is 1. The first-order valence-corrected chi connectivity index (χ1v) is 9.37. The smallest absolute Gasteiger partial charge is 0.340 e. The lowest BCUT2D eigenvalue weighted by atomic mass is 9.94. The maximum absolute atomic E-state index is 12.6. The number of aromatic amines is 1. The number of carbonyl (C=O) groups is 1. The van der Waals surface area contributed by atoms with Crippen LogP contribution in [0, 0.1) is 25.7 Å². The monoisotopic (exact) mass is 392 g/mol. The molecule has 29 heavy (non-hydrogen) atoms. The summed E-state index contributed by atoms with van der Waals surface area (Å²) in [5, 5.41) is 11.3. The third-order valence-electron chi connectivity index (χ3n) is 4.81. The molecule has 2 N–H and O–H groups in total. The molecule has 6 heteroatoms. The minimum absolute atomic E-state index is 0.221. The average molecular weight is 392 g/mol. The van der Waals surface area contributed by atoms with Gasteiger partial charge in [-0.15, -0.1) is 0 Å². The molecule has 0 aliphatic heterocycles. The van der Waals surface area contributed by atoms with E-state index in [0.29, 0.717) is 27.8 Å². The molecule has 0 saturated heterocycles. The van der Waals surface area contributed by atoms with Crippen molar-refractivity contribution in [3.8, 4) is 11.8 Å². The van der Waals surface area contributed by atoms with Crippen LogP contribution in [0.25, 0.3) is 10.9 Å². The van der Waals surface area contributed by atoms with Crippen molar-refractivity contribution in [3.63, 3.8) is 0 Å². The van der Waals surface area contributed by atoms with Crippen molar-refractivity contribution in [1.29, 1.82) is 0 Å². The van der Waals surface area contributed by atoms with Crippen molar-refractivity contribution in [1.82, 2.24) is 9.55 Å². The quantitative estimate of drug-likeness (QED) is 0.530. The van der Waals surface area contributed by atoms with Crippen LogP contribution in [0.2, 0.25) is 0 Å². The summed E-state index contributed by atoms with van der Waals surface area (Å²) in [6.07, 6.45) is 1.57. The van der Waals surface area contributed by atoms with Gasteiger partial charge in [-0.2, -0.15) is 0 Å². The molecule has 0 amide bonds. The van der Waals surface area contributed by atoms with Gasteiger partial charge in [0.2, 0.25) is 0 Å².